The first-order valence-electron chi connectivity index (χ1n) is 13.4. The van der Waals surface area contributed by atoms with Crippen molar-refractivity contribution >= 4 is 16.8 Å². The number of benzene rings is 2. The average molecular weight is 502 g/mol. The molecular weight excluding hydrogens is 466 g/mol. The lowest BCUT2D eigenvalue weighted by atomic mass is 9.85. The Morgan fingerprint density at radius 3 is 2.84 bits per heavy atom. The van der Waals surface area contributed by atoms with Gasteiger partial charge < -0.3 is 24.4 Å². The fraction of sp³-hybridized carbons (Fsp3) is 0.467. The number of hydrogen-bond acceptors (Lipinski definition) is 6. The van der Waals surface area contributed by atoms with Crippen LogP contribution in [0.4, 0.5) is 0 Å². The molecule has 1 N–H and O–H groups in total. The number of ether oxygens (including phenoxy) is 3. The molecule has 2 fully saturated rings. The minimum Gasteiger partial charge on any atom is -0.493 e. The Morgan fingerprint density at radius 1 is 1.16 bits per heavy atom. The predicted molar refractivity (Wildman–Crippen MR) is 142 cm³/mol. The standard InChI is InChI=1S/C30H35N3O4/c1-30(2)36-27-15-22(14-26(35-3)28(27)37-30)29(34)33(18-23-13-21-9-5-7-11-25(21)32-23)17-19-12-20-8-4-6-10-24(20)31-16-19/h4,6,8,10,12,14-16,21,23,25,32H,5,7,9,11,13,17-18H2,1-3H3/t21?,23-,25?/m0/s1. The number of methoxy groups -OCH3 is 1. The fourth-order valence-corrected chi connectivity index (χ4v) is 6.22. The van der Waals surface area contributed by atoms with Crippen LogP contribution in [-0.4, -0.2) is 47.3 Å². The van der Waals surface area contributed by atoms with Crippen molar-refractivity contribution in [3.63, 3.8) is 0 Å². The van der Waals surface area contributed by atoms with E-state index in [0.717, 1.165) is 22.9 Å². The Kier molecular flexibility index (Phi) is 6.19. The summed E-state index contributed by atoms with van der Waals surface area (Å²) in [5, 5.41) is 4.91. The number of fused-ring (bicyclic) bond motifs is 3. The van der Waals surface area contributed by atoms with E-state index in [2.05, 4.69) is 22.4 Å². The van der Waals surface area contributed by atoms with E-state index in [9.17, 15) is 4.79 Å². The number of carbonyl (C=O) groups is 1. The fourth-order valence-electron chi connectivity index (χ4n) is 6.22. The molecule has 1 aromatic heterocycles. The largest absolute Gasteiger partial charge is 0.493 e. The van der Waals surface area contributed by atoms with E-state index in [1.54, 1.807) is 19.2 Å². The number of nitrogens with one attached hydrogen (secondary N) is 1. The van der Waals surface area contributed by atoms with Crippen LogP contribution in [0, 0.1) is 5.92 Å². The second kappa shape index (κ2) is 9.53. The Bertz CT molecular complexity index is 1310. The number of amides is 1. The number of hydrogen-bond donors (Lipinski definition) is 1. The third-order valence-electron chi connectivity index (χ3n) is 7.89. The van der Waals surface area contributed by atoms with E-state index in [-0.39, 0.29) is 11.9 Å². The first kappa shape index (κ1) is 24.0. The lowest BCUT2D eigenvalue weighted by Gasteiger charge is -2.27. The Hall–Kier alpha value is -3.32. The molecule has 0 bridgehead atoms. The third-order valence-corrected chi connectivity index (χ3v) is 7.89. The van der Waals surface area contributed by atoms with E-state index < -0.39 is 5.79 Å². The zero-order valence-corrected chi connectivity index (χ0v) is 21.8. The quantitative estimate of drug-likeness (QED) is 0.493. The Balaban J connectivity index is 1.30. The molecule has 2 aromatic carbocycles. The van der Waals surface area contributed by atoms with E-state index in [0.29, 0.717) is 47.9 Å². The molecule has 1 aliphatic carbocycles. The molecule has 3 aromatic rings. The number of nitrogens with zero attached hydrogens (tertiary/aromatic N) is 2. The van der Waals surface area contributed by atoms with E-state index >= 15 is 0 Å². The highest BCUT2D eigenvalue weighted by Gasteiger charge is 2.38. The highest BCUT2D eigenvalue weighted by atomic mass is 16.7. The van der Waals surface area contributed by atoms with Crippen LogP contribution in [0.15, 0.2) is 48.7 Å². The molecule has 1 amide bonds. The monoisotopic (exact) mass is 501 g/mol. The first-order chi connectivity index (χ1) is 17.9. The van der Waals surface area contributed by atoms with Crippen LogP contribution in [0.1, 0.15) is 61.9 Å². The summed E-state index contributed by atoms with van der Waals surface area (Å²) in [4.78, 5) is 20.7. The molecule has 3 atom stereocenters. The summed E-state index contributed by atoms with van der Waals surface area (Å²) in [5.41, 5.74) is 2.49. The van der Waals surface area contributed by atoms with Crippen LogP contribution in [0.5, 0.6) is 17.2 Å². The summed E-state index contributed by atoms with van der Waals surface area (Å²) in [6.07, 6.45) is 8.12. The Morgan fingerprint density at radius 2 is 2.00 bits per heavy atom. The molecule has 6 rings (SSSR count). The molecule has 0 radical (unpaired) electrons. The number of rotatable bonds is 6. The van der Waals surface area contributed by atoms with Crippen molar-refractivity contribution in [3.05, 3.63) is 59.8 Å². The van der Waals surface area contributed by atoms with Crippen molar-refractivity contribution in [3.8, 4) is 17.2 Å². The summed E-state index contributed by atoms with van der Waals surface area (Å²) in [6, 6.07) is 14.6. The minimum atomic E-state index is -0.808. The SMILES string of the molecule is COc1cc(C(=O)N(Cc2cnc3ccccc3c2)C[C@@H]2CC3CCCCC3N2)cc2c1OC(C)(C)O2. The second-order valence-corrected chi connectivity index (χ2v) is 11.1. The van der Waals surface area contributed by atoms with Gasteiger partial charge in [0.05, 0.1) is 12.6 Å². The highest BCUT2D eigenvalue weighted by molar-refractivity contribution is 5.96. The first-order valence-corrected chi connectivity index (χ1v) is 13.4. The second-order valence-electron chi connectivity index (χ2n) is 11.1. The van der Waals surface area contributed by atoms with Gasteiger partial charge in [0.25, 0.3) is 5.91 Å². The van der Waals surface area contributed by atoms with Gasteiger partial charge in [0.2, 0.25) is 11.5 Å². The van der Waals surface area contributed by atoms with Crippen molar-refractivity contribution in [2.24, 2.45) is 5.92 Å². The summed E-state index contributed by atoms with van der Waals surface area (Å²) < 4.78 is 17.5. The number of aromatic nitrogens is 1. The van der Waals surface area contributed by atoms with E-state index in [1.807, 2.05) is 43.1 Å². The maximum Gasteiger partial charge on any atom is 0.254 e. The summed E-state index contributed by atoms with van der Waals surface area (Å²) in [5.74, 6) is 1.42. The lowest BCUT2D eigenvalue weighted by Crippen LogP contribution is -2.42. The average Bonchev–Trinajstić information content (AvgIpc) is 3.45. The molecule has 37 heavy (non-hydrogen) atoms. The van der Waals surface area contributed by atoms with E-state index in [1.165, 1.54) is 25.7 Å². The lowest BCUT2D eigenvalue weighted by molar-refractivity contribution is -0.0439. The zero-order chi connectivity index (χ0) is 25.6. The molecule has 1 saturated carbocycles. The molecule has 7 nitrogen and oxygen atoms in total. The highest BCUT2D eigenvalue weighted by Crippen LogP contribution is 2.47. The molecule has 2 aliphatic heterocycles. The summed E-state index contributed by atoms with van der Waals surface area (Å²) in [7, 11) is 1.58. The van der Waals surface area contributed by atoms with Crippen LogP contribution >= 0.6 is 0 Å². The predicted octanol–water partition coefficient (Wildman–Crippen LogP) is 5.31. The summed E-state index contributed by atoms with van der Waals surface area (Å²) >= 11 is 0. The topological polar surface area (TPSA) is 72.9 Å². The molecular formula is C30H35N3O4. The van der Waals surface area contributed by atoms with Gasteiger partial charge in [0.1, 0.15) is 0 Å². The van der Waals surface area contributed by atoms with Gasteiger partial charge in [-0.3, -0.25) is 9.78 Å². The van der Waals surface area contributed by atoms with Crippen LogP contribution < -0.4 is 19.5 Å². The van der Waals surface area contributed by atoms with Crippen molar-refractivity contribution in [1.29, 1.82) is 0 Å². The zero-order valence-electron chi connectivity index (χ0n) is 21.8. The van der Waals surface area contributed by atoms with Crippen molar-refractivity contribution in [2.45, 2.75) is 70.4 Å². The molecule has 1 saturated heterocycles. The molecule has 194 valence electrons. The van der Waals surface area contributed by atoms with Crippen LogP contribution in [0.25, 0.3) is 10.9 Å². The van der Waals surface area contributed by atoms with Gasteiger partial charge in [-0.15, -0.1) is 0 Å². The van der Waals surface area contributed by atoms with E-state index in [4.69, 9.17) is 14.2 Å². The minimum absolute atomic E-state index is 0.0563. The van der Waals surface area contributed by atoms with Gasteiger partial charge in [0, 0.05) is 56.2 Å². The Labute approximate surface area is 218 Å². The van der Waals surface area contributed by atoms with Gasteiger partial charge >= 0.3 is 0 Å². The van der Waals surface area contributed by atoms with Crippen molar-refractivity contribution in [1.82, 2.24) is 15.2 Å². The normalized spacial score (nSPS) is 23.6. The van der Waals surface area contributed by atoms with Gasteiger partial charge in [-0.2, -0.15) is 0 Å². The van der Waals surface area contributed by atoms with Crippen LogP contribution in [0.3, 0.4) is 0 Å². The van der Waals surface area contributed by atoms with Crippen molar-refractivity contribution in [2.75, 3.05) is 13.7 Å². The van der Waals surface area contributed by atoms with Gasteiger partial charge in [-0.1, -0.05) is 31.0 Å². The molecule has 7 heteroatoms. The molecule has 3 heterocycles. The van der Waals surface area contributed by atoms with Crippen LogP contribution in [0.2, 0.25) is 0 Å². The molecule has 3 aliphatic rings. The van der Waals surface area contributed by atoms with Crippen LogP contribution in [-0.2, 0) is 6.54 Å². The number of para-hydroxylation sites is 1. The third kappa shape index (κ3) is 4.85. The smallest absolute Gasteiger partial charge is 0.254 e. The number of carbonyl (C=O) groups excluding carboxylic acids is 1. The maximum atomic E-state index is 14.1. The molecule has 0 spiro atoms. The van der Waals surface area contributed by atoms with Gasteiger partial charge in [-0.05, 0) is 55.0 Å². The van der Waals surface area contributed by atoms with Gasteiger partial charge in [0.15, 0.2) is 11.5 Å². The number of pyridine rings is 1. The molecule has 2 unspecified atom stereocenters. The maximum absolute atomic E-state index is 14.1. The summed E-state index contributed by atoms with van der Waals surface area (Å²) in [6.45, 7) is 4.81. The van der Waals surface area contributed by atoms with Crippen molar-refractivity contribution < 1.29 is 19.0 Å². The van der Waals surface area contributed by atoms with Gasteiger partial charge in [-0.25, -0.2) is 0 Å².